The fraction of sp³-hybridized carbons (Fsp3) is 0.250. The van der Waals surface area contributed by atoms with Crippen molar-refractivity contribution in [2.75, 3.05) is 18.5 Å². The summed E-state index contributed by atoms with van der Waals surface area (Å²) in [6.07, 6.45) is 3.11. The lowest BCUT2D eigenvalue weighted by atomic mass is 10.1. The van der Waals surface area contributed by atoms with Crippen molar-refractivity contribution < 1.29 is 19.1 Å². The molecule has 156 valence electrons. The first-order valence-corrected chi connectivity index (χ1v) is 10.1. The second-order valence-electron chi connectivity index (χ2n) is 5.94. The van der Waals surface area contributed by atoms with E-state index in [1.54, 1.807) is 38.2 Å². The molecule has 3 aromatic rings. The Bertz CT molecular complexity index is 1080. The fourth-order valence-corrected chi connectivity index (χ4v) is 3.38. The summed E-state index contributed by atoms with van der Waals surface area (Å²) >= 11 is 1.36. The van der Waals surface area contributed by atoms with Gasteiger partial charge >= 0.3 is 11.9 Å². The van der Waals surface area contributed by atoms with Crippen LogP contribution in [0, 0.1) is 0 Å². The molecule has 0 aliphatic heterocycles. The van der Waals surface area contributed by atoms with Gasteiger partial charge < -0.3 is 14.8 Å². The predicted molar refractivity (Wildman–Crippen MR) is 112 cm³/mol. The highest BCUT2D eigenvalue weighted by molar-refractivity contribution is 7.13. The van der Waals surface area contributed by atoms with Gasteiger partial charge in [0.05, 0.1) is 23.4 Å². The lowest BCUT2D eigenvalue weighted by Crippen LogP contribution is -2.29. The summed E-state index contributed by atoms with van der Waals surface area (Å²) in [7, 11) is 0. The van der Waals surface area contributed by atoms with Crippen molar-refractivity contribution in [2.45, 2.75) is 20.4 Å². The van der Waals surface area contributed by atoms with Gasteiger partial charge in [0.1, 0.15) is 16.9 Å². The number of carbonyl (C=O) groups excluding carboxylic acids is 2. The summed E-state index contributed by atoms with van der Waals surface area (Å²) < 4.78 is 11.2. The van der Waals surface area contributed by atoms with Crippen molar-refractivity contribution in [2.24, 2.45) is 0 Å². The Morgan fingerprint density at radius 3 is 2.67 bits per heavy atom. The smallest absolute Gasteiger partial charge is 0.344 e. The summed E-state index contributed by atoms with van der Waals surface area (Å²) in [6.45, 7) is 3.33. The number of nitrogens with zero attached hydrogens (tertiary/aromatic N) is 3. The molecule has 0 radical (unpaired) electrons. The van der Waals surface area contributed by atoms with E-state index in [1.165, 1.54) is 22.2 Å². The predicted octanol–water partition coefficient (Wildman–Crippen LogP) is 2.85. The number of pyridine rings is 1. The molecule has 0 saturated heterocycles. The molecule has 3 aromatic heterocycles. The van der Waals surface area contributed by atoms with E-state index >= 15 is 0 Å². The van der Waals surface area contributed by atoms with Crippen LogP contribution >= 0.6 is 11.3 Å². The number of rotatable bonds is 8. The van der Waals surface area contributed by atoms with Gasteiger partial charge in [-0.2, -0.15) is 5.10 Å². The molecule has 10 heteroatoms. The number of carbonyl (C=O) groups is 2. The quantitative estimate of drug-likeness (QED) is 0.545. The van der Waals surface area contributed by atoms with Crippen LogP contribution in [0.4, 0.5) is 11.4 Å². The van der Waals surface area contributed by atoms with Crippen molar-refractivity contribution in [3.8, 4) is 10.6 Å². The molecule has 9 nitrogen and oxygen atoms in total. The molecule has 0 bridgehead atoms. The Labute approximate surface area is 176 Å². The van der Waals surface area contributed by atoms with E-state index in [4.69, 9.17) is 9.47 Å². The Hall–Kier alpha value is -3.53. The normalized spacial score (nSPS) is 10.5. The molecule has 0 amide bonds. The Morgan fingerprint density at radius 1 is 1.20 bits per heavy atom. The number of esters is 2. The molecule has 30 heavy (non-hydrogen) atoms. The maximum absolute atomic E-state index is 13.0. The molecule has 1 N–H and O–H groups in total. The van der Waals surface area contributed by atoms with Crippen LogP contribution in [0.5, 0.6) is 0 Å². The van der Waals surface area contributed by atoms with Gasteiger partial charge in [0.25, 0.3) is 5.56 Å². The van der Waals surface area contributed by atoms with E-state index < -0.39 is 24.1 Å². The number of anilines is 2. The van der Waals surface area contributed by atoms with Crippen LogP contribution < -0.4 is 10.9 Å². The number of hydrogen-bond acceptors (Lipinski definition) is 9. The first kappa shape index (κ1) is 21.2. The molecular formula is C20H20N4O5S. The summed E-state index contributed by atoms with van der Waals surface area (Å²) in [5.74, 6) is -1.54. The van der Waals surface area contributed by atoms with E-state index in [1.807, 2.05) is 11.4 Å². The molecule has 3 rings (SSSR count). The number of aryl methyl sites for hydroxylation is 1. The molecule has 0 fully saturated rings. The molecule has 0 aromatic carbocycles. The van der Waals surface area contributed by atoms with E-state index in [-0.39, 0.29) is 23.6 Å². The van der Waals surface area contributed by atoms with Crippen LogP contribution in [0.15, 0.2) is 46.8 Å². The maximum atomic E-state index is 13.0. The molecule has 0 unspecified atom stereocenters. The van der Waals surface area contributed by atoms with Gasteiger partial charge in [0.2, 0.25) is 0 Å². The van der Waals surface area contributed by atoms with Crippen LogP contribution in [0.2, 0.25) is 0 Å². The van der Waals surface area contributed by atoms with Gasteiger partial charge in [-0.3, -0.25) is 9.78 Å². The molecule has 0 saturated carbocycles. The molecule has 0 aliphatic rings. The number of hydrogen-bond donors (Lipinski definition) is 1. The zero-order valence-electron chi connectivity index (χ0n) is 16.5. The van der Waals surface area contributed by atoms with Crippen LogP contribution in [0.3, 0.4) is 0 Å². The monoisotopic (exact) mass is 428 g/mol. The highest BCUT2D eigenvalue weighted by Gasteiger charge is 2.26. The third-order valence-electron chi connectivity index (χ3n) is 3.97. The maximum Gasteiger partial charge on any atom is 0.344 e. The van der Waals surface area contributed by atoms with Crippen molar-refractivity contribution in [3.05, 3.63) is 58.0 Å². The molecule has 3 heterocycles. The summed E-state index contributed by atoms with van der Waals surface area (Å²) in [6, 6.07) is 7.00. The largest absolute Gasteiger partial charge is 0.463 e. The van der Waals surface area contributed by atoms with E-state index in [2.05, 4.69) is 15.4 Å². The van der Waals surface area contributed by atoms with Crippen LogP contribution in [0.1, 0.15) is 24.2 Å². The van der Waals surface area contributed by atoms with E-state index in [9.17, 15) is 14.4 Å². The van der Waals surface area contributed by atoms with Gasteiger partial charge in [-0.25, -0.2) is 14.3 Å². The average Bonchev–Trinajstić information content (AvgIpc) is 3.29. The highest BCUT2D eigenvalue weighted by atomic mass is 32.1. The standard InChI is InChI=1S/C20H20N4O5S/c1-3-24-19(26)18(22-13-7-5-9-21-11-13)16(17(23-24)14-8-6-10-30-14)20(27)29-12-15(25)28-4-2/h5-11,22H,3-4,12H2,1-2H3. The van der Waals surface area contributed by atoms with Crippen LogP contribution in [-0.4, -0.2) is 39.9 Å². The highest BCUT2D eigenvalue weighted by Crippen LogP contribution is 2.30. The molecular weight excluding hydrogens is 408 g/mol. The van der Waals surface area contributed by atoms with Crippen molar-refractivity contribution in [1.29, 1.82) is 0 Å². The SMILES string of the molecule is CCOC(=O)COC(=O)c1c(-c2cccs2)nn(CC)c(=O)c1Nc1cccnc1. The molecule has 0 spiro atoms. The van der Waals surface area contributed by atoms with E-state index in [0.29, 0.717) is 17.1 Å². The van der Waals surface area contributed by atoms with E-state index in [0.717, 1.165) is 0 Å². The number of aromatic nitrogens is 3. The lowest BCUT2D eigenvalue weighted by molar-refractivity contribution is -0.146. The Balaban J connectivity index is 2.12. The second-order valence-corrected chi connectivity index (χ2v) is 6.89. The first-order chi connectivity index (χ1) is 14.5. The first-order valence-electron chi connectivity index (χ1n) is 9.23. The number of ether oxygens (including phenoxy) is 2. The zero-order valence-corrected chi connectivity index (χ0v) is 17.3. The van der Waals surface area contributed by atoms with Crippen LogP contribution in [-0.2, 0) is 20.8 Å². The average molecular weight is 428 g/mol. The van der Waals surface area contributed by atoms with Gasteiger partial charge in [-0.05, 0) is 37.4 Å². The molecule has 0 aliphatic carbocycles. The Kier molecular flexibility index (Phi) is 6.91. The third kappa shape index (κ3) is 4.71. The van der Waals surface area contributed by atoms with Gasteiger partial charge in [-0.15, -0.1) is 11.3 Å². The summed E-state index contributed by atoms with van der Waals surface area (Å²) in [5, 5.41) is 9.16. The van der Waals surface area contributed by atoms with Crippen molar-refractivity contribution in [3.63, 3.8) is 0 Å². The van der Waals surface area contributed by atoms with Crippen molar-refractivity contribution >= 4 is 34.7 Å². The minimum atomic E-state index is -0.856. The van der Waals surface area contributed by atoms with Gasteiger partial charge in [-0.1, -0.05) is 6.07 Å². The second kappa shape index (κ2) is 9.79. The number of nitrogens with one attached hydrogen (secondary N) is 1. The van der Waals surface area contributed by atoms with Gasteiger partial charge in [0, 0.05) is 12.7 Å². The summed E-state index contributed by atoms with van der Waals surface area (Å²) in [5.41, 5.74) is 0.244. The Morgan fingerprint density at radius 2 is 2.03 bits per heavy atom. The van der Waals surface area contributed by atoms with Gasteiger partial charge in [0.15, 0.2) is 6.61 Å². The minimum absolute atomic E-state index is 0.00268. The topological polar surface area (TPSA) is 112 Å². The van der Waals surface area contributed by atoms with Crippen molar-refractivity contribution in [1.82, 2.24) is 14.8 Å². The summed E-state index contributed by atoms with van der Waals surface area (Å²) in [4.78, 5) is 42.3. The lowest BCUT2D eigenvalue weighted by Gasteiger charge is -2.16. The third-order valence-corrected chi connectivity index (χ3v) is 4.85. The fourth-order valence-electron chi connectivity index (χ4n) is 2.67. The number of thiophene rings is 1. The molecule has 0 atom stereocenters. The van der Waals surface area contributed by atoms with Crippen LogP contribution in [0.25, 0.3) is 10.6 Å². The zero-order chi connectivity index (χ0) is 21.5. The minimum Gasteiger partial charge on any atom is -0.463 e.